The van der Waals surface area contributed by atoms with E-state index in [-0.39, 0.29) is 38.9 Å². The van der Waals surface area contributed by atoms with Crippen LogP contribution in [0.15, 0.2) is 0 Å². The maximum absolute atomic E-state index is 12.0. The van der Waals surface area contributed by atoms with Crippen molar-refractivity contribution in [1.82, 2.24) is 10.4 Å². The Kier molecular flexibility index (Phi) is 11.6. The SMILES string of the molecule is CC(=O)NC1C(OCCCCC(=O)ON2C(=O)CCC2=O)OC(COC(C)=O)C(OC(C)=O)C1OC(C)=O. The second-order valence-corrected chi connectivity index (χ2v) is 8.59. The fourth-order valence-electron chi connectivity index (χ4n) is 3.81. The standard InChI is InChI=1S/C23H32N2O13/c1-12(26)24-20-22(36-15(4)29)21(35-14(3)28)16(11-34-13(2)27)37-23(20)33-10-6-5-7-19(32)38-25-17(30)8-9-18(25)31/h16,20-23H,5-11H2,1-4H3,(H,24,26). The van der Waals surface area contributed by atoms with E-state index >= 15 is 0 Å². The van der Waals surface area contributed by atoms with E-state index in [4.69, 9.17) is 28.5 Å². The second kappa shape index (κ2) is 14.4. The lowest BCUT2D eigenvalue weighted by atomic mass is 9.96. The molecule has 0 aromatic rings. The van der Waals surface area contributed by atoms with Crippen molar-refractivity contribution in [1.29, 1.82) is 0 Å². The molecule has 212 valence electrons. The summed E-state index contributed by atoms with van der Waals surface area (Å²) >= 11 is 0. The normalized spacial score (nSPS) is 24.9. The van der Waals surface area contributed by atoms with E-state index in [0.717, 1.165) is 13.8 Å². The van der Waals surface area contributed by atoms with Gasteiger partial charge in [0.05, 0.1) is 0 Å². The lowest BCUT2D eigenvalue weighted by Gasteiger charge is -2.44. The summed E-state index contributed by atoms with van der Waals surface area (Å²) in [6.45, 7) is 4.28. The summed E-state index contributed by atoms with van der Waals surface area (Å²) < 4.78 is 27.3. The van der Waals surface area contributed by atoms with Crippen molar-refractivity contribution in [3.05, 3.63) is 0 Å². The molecule has 2 aliphatic rings. The lowest BCUT2D eigenvalue weighted by Crippen LogP contribution is -2.66. The molecule has 0 bridgehead atoms. The Hall–Kier alpha value is -3.59. The number of nitrogens with one attached hydrogen (secondary N) is 1. The molecule has 0 aromatic heterocycles. The first kappa shape index (κ1) is 30.6. The molecule has 0 saturated carbocycles. The lowest BCUT2D eigenvalue weighted by molar-refractivity contribution is -0.277. The number of amides is 3. The van der Waals surface area contributed by atoms with Gasteiger partial charge in [0.25, 0.3) is 11.8 Å². The minimum atomic E-state index is -1.25. The van der Waals surface area contributed by atoms with E-state index in [2.05, 4.69) is 5.32 Å². The van der Waals surface area contributed by atoms with E-state index in [1.54, 1.807) is 0 Å². The Morgan fingerprint density at radius 1 is 0.895 bits per heavy atom. The third-order valence-electron chi connectivity index (χ3n) is 5.33. The molecule has 38 heavy (non-hydrogen) atoms. The summed E-state index contributed by atoms with van der Waals surface area (Å²) in [4.78, 5) is 86.7. The van der Waals surface area contributed by atoms with Crippen LogP contribution in [0.4, 0.5) is 0 Å². The average Bonchev–Trinajstić information content (AvgIpc) is 3.12. The van der Waals surface area contributed by atoms with Crippen LogP contribution in [-0.4, -0.2) is 90.5 Å². The fraction of sp³-hybridized carbons (Fsp3) is 0.696. The zero-order valence-electron chi connectivity index (χ0n) is 21.6. The highest BCUT2D eigenvalue weighted by Gasteiger charge is 2.51. The minimum absolute atomic E-state index is 0.000909. The topological polar surface area (TPSA) is 190 Å². The van der Waals surface area contributed by atoms with Crippen LogP contribution < -0.4 is 5.32 Å². The van der Waals surface area contributed by atoms with Crippen LogP contribution in [0.25, 0.3) is 0 Å². The number of unbranched alkanes of at least 4 members (excludes halogenated alkanes) is 1. The van der Waals surface area contributed by atoms with Crippen molar-refractivity contribution in [2.75, 3.05) is 13.2 Å². The molecule has 1 N–H and O–H groups in total. The number of rotatable bonds is 12. The van der Waals surface area contributed by atoms with E-state index < -0.39 is 72.2 Å². The summed E-state index contributed by atoms with van der Waals surface area (Å²) in [6, 6.07) is -1.11. The molecule has 3 amide bonds. The summed E-state index contributed by atoms with van der Waals surface area (Å²) in [6.07, 6.45) is -4.39. The molecule has 0 aliphatic carbocycles. The van der Waals surface area contributed by atoms with Crippen molar-refractivity contribution < 1.29 is 62.1 Å². The van der Waals surface area contributed by atoms with Gasteiger partial charge >= 0.3 is 23.9 Å². The minimum Gasteiger partial charge on any atom is -0.463 e. The Bertz CT molecular complexity index is 920. The number of ether oxygens (including phenoxy) is 5. The van der Waals surface area contributed by atoms with Gasteiger partial charge in [-0.25, -0.2) is 4.79 Å². The van der Waals surface area contributed by atoms with Gasteiger partial charge in [0, 0.05) is 53.6 Å². The third-order valence-corrected chi connectivity index (χ3v) is 5.33. The molecule has 2 saturated heterocycles. The third kappa shape index (κ3) is 9.37. The first-order valence-corrected chi connectivity index (χ1v) is 12.0. The monoisotopic (exact) mass is 544 g/mol. The Labute approximate surface area is 218 Å². The van der Waals surface area contributed by atoms with Gasteiger partial charge in [-0.05, 0) is 12.8 Å². The van der Waals surface area contributed by atoms with Crippen molar-refractivity contribution in [3.63, 3.8) is 0 Å². The predicted molar refractivity (Wildman–Crippen MR) is 121 cm³/mol. The zero-order chi connectivity index (χ0) is 28.4. The summed E-state index contributed by atoms with van der Waals surface area (Å²) in [5, 5.41) is 3.04. The van der Waals surface area contributed by atoms with Gasteiger partial charge in [-0.2, -0.15) is 0 Å². The van der Waals surface area contributed by atoms with Crippen LogP contribution in [0.2, 0.25) is 0 Å². The molecule has 5 unspecified atom stereocenters. The molecule has 5 atom stereocenters. The van der Waals surface area contributed by atoms with Crippen LogP contribution >= 0.6 is 0 Å². The highest BCUT2D eigenvalue weighted by Crippen LogP contribution is 2.28. The molecule has 15 heteroatoms. The first-order chi connectivity index (χ1) is 17.9. The van der Waals surface area contributed by atoms with Gasteiger partial charge in [0.15, 0.2) is 18.5 Å². The summed E-state index contributed by atoms with van der Waals surface area (Å²) in [5.41, 5.74) is 0. The number of carbonyl (C=O) groups is 7. The van der Waals surface area contributed by atoms with Gasteiger partial charge < -0.3 is 33.8 Å². The van der Waals surface area contributed by atoms with Crippen molar-refractivity contribution >= 4 is 41.6 Å². The number of carbonyl (C=O) groups excluding carboxylic acids is 7. The molecule has 2 heterocycles. The van der Waals surface area contributed by atoms with E-state index in [1.807, 2.05) is 0 Å². The fourth-order valence-corrected chi connectivity index (χ4v) is 3.81. The molecule has 0 radical (unpaired) electrons. The van der Waals surface area contributed by atoms with Crippen LogP contribution in [0, 0.1) is 0 Å². The number of imide groups is 1. The van der Waals surface area contributed by atoms with Crippen LogP contribution in [0.3, 0.4) is 0 Å². The van der Waals surface area contributed by atoms with E-state index in [0.29, 0.717) is 11.5 Å². The summed E-state index contributed by atoms with van der Waals surface area (Å²) in [7, 11) is 0. The largest absolute Gasteiger partial charge is 0.463 e. The zero-order valence-corrected chi connectivity index (χ0v) is 21.6. The first-order valence-electron chi connectivity index (χ1n) is 12.0. The Morgan fingerprint density at radius 2 is 1.50 bits per heavy atom. The Balaban J connectivity index is 2.05. The van der Waals surface area contributed by atoms with Gasteiger partial charge in [0.1, 0.15) is 18.8 Å². The van der Waals surface area contributed by atoms with Crippen molar-refractivity contribution in [2.45, 2.75) is 90.4 Å². The van der Waals surface area contributed by atoms with Crippen molar-refractivity contribution in [3.8, 4) is 0 Å². The smallest absolute Gasteiger partial charge is 0.333 e. The highest BCUT2D eigenvalue weighted by atomic mass is 16.7. The van der Waals surface area contributed by atoms with Crippen molar-refractivity contribution in [2.24, 2.45) is 0 Å². The summed E-state index contributed by atoms with van der Waals surface area (Å²) in [5.74, 6) is -4.54. The molecule has 2 rings (SSSR count). The number of hydroxylamine groups is 2. The molecule has 2 aliphatic heterocycles. The number of nitrogens with zero attached hydrogens (tertiary/aromatic N) is 1. The van der Waals surface area contributed by atoms with Gasteiger partial charge in [-0.3, -0.25) is 28.8 Å². The molecule has 0 spiro atoms. The second-order valence-electron chi connectivity index (χ2n) is 8.59. The molecule has 0 aromatic carbocycles. The quantitative estimate of drug-likeness (QED) is 0.142. The number of esters is 3. The predicted octanol–water partition coefficient (Wildman–Crippen LogP) is -0.563. The number of hydrogen-bond acceptors (Lipinski definition) is 13. The maximum Gasteiger partial charge on any atom is 0.333 e. The van der Waals surface area contributed by atoms with E-state index in [1.165, 1.54) is 13.8 Å². The van der Waals surface area contributed by atoms with Gasteiger partial charge in [-0.1, -0.05) is 0 Å². The number of hydrogen-bond donors (Lipinski definition) is 1. The molecule has 15 nitrogen and oxygen atoms in total. The van der Waals surface area contributed by atoms with E-state index in [9.17, 15) is 33.6 Å². The Morgan fingerprint density at radius 3 is 2.05 bits per heavy atom. The van der Waals surface area contributed by atoms with Crippen LogP contribution in [0.5, 0.6) is 0 Å². The van der Waals surface area contributed by atoms with Crippen LogP contribution in [-0.2, 0) is 62.1 Å². The molecular formula is C23H32N2O13. The molecular weight excluding hydrogens is 512 g/mol. The maximum atomic E-state index is 12.0. The molecule has 2 fully saturated rings. The highest BCUT2D eigenvalue weighted by molar-refractivity contribution is 6.01. The van der Waals surface area contributed by atoms with Crippen LogP contribution in [0.1, 0.15) is 59.8 Å². The van der Waals surface area contributed by atoms with Gasteiger partial charge in [0.2, 0.25) is 5.91 Å². The average molecular weight is 545 g/mol. The van der Waals surface area contributed by atoms with Gasteiger partial charge in [-0.15, -0.1) is 5.06 Å².